The third-order valence-electron chi connectivity index (χ3n) is 4.22. The van der Waals surface area contributed by atoms with E-state index in [2.05, 4.69) is 10.00 Å². The molecule has 0 amide bonds. The molecule has 5 nitrogen and oxygen atoms in total. The second kappa shape index (κ2) is 7.96. The second-order valence-electron chi connectivity index (χ2n) is 5.80. The highest BCUT2D eigenvalue weighted by Gasteiger charge is 2.23. The fourth-order valence-corrected chi connectivity index (χ4v) is 3.71. The van der Waals surface area contributed by atoms with Crippen molar-refractivity contribution >= 4 is 40.5 Å². The fraction of sp³-hybridized carbons (Fsp3) is 0.412. The highest BCUT2D eigenvalue weighted by atomic mass is 35.5. The third-order valence-corrected chi connectivity index (χ3v) is 5.12. The van der Waals surface area contributed by atoms with E-state index in [9.17, 15) is 4.79 Å². The van der Waals surface area contributed by atoms with Gasteiger partial charge < -0.3 is 9.64 Å². The van der Waals surface area contributed by atoms with Gasteiger partial charge in [0.2, 0.25) is 0 Å². The normalized spacial score (nSPS) is 15.6. The first-order valence-electron chi connectivity index (χ1n) is 8.11. The van der Waals surface area contributed by atoms with Crippen molar-refractivity contribution in [3.63, 3.8) is 0 Å². The summed E-state index contributed by atoms with van der Waals surface area (Å²) in [6, 6.07) is 4.85. The lowest BCUT2D eigenvalue weighted by Crippen LogP contribution is -2.38. The highest BCUT2D eigenvalue weighted by molar-refractivity contribution is 6.36. The second-order valence-corrected chi connectivity index (χ2v) is 7.02. The predicted molar refractivity (Wildman–Crippen MR) is 102 cm³/mol. The SMILES string of the molecule is CCOC1CCN(c2cnn(-c3ccc(Cl)cc3Cl)c(=O)c2Cl)CC1. The molecule has 1 aliphatic rings. The molecule has 134 valence electrons. The van der Waals surface area contributed by atoms with Gasteiger partial charge in [0.15, 0.2) is 0 Å². The van der Waals surface area contributed by atoms with E-state index in [0.29, 0.717) is 28.0 Å². The summed E-state index contributed by atoms with van der Waals surface area (Å²) in [5, 5.41) is 5.21. The van der Waals surface area contributed by atoms with Gasteiger partial charge in [-0.3, -0.25) is 4.79 Å². The van der Waals surface area contributed by atoms with Crippen molar-refractivity contribution in [1.29, 1.82) is 0 Å². The maximum Gasteiger partial charge on any atom is 0.292 e. The van der Waals surface area contributed by atoms with E-state index < -0.39 is 5.56 Å². The minimum atomic E-state index is -0.407. The van der Waals surface area contributed by atoms with Crippen molar-refractivity contribution in [1.82, 2.24) is 9.78 Å². The lowest BCUT2D eigenvalue weighted by molar-refractivity contribution is 0.0459. The summed E-state index contributed by atoms with van der Waals surface area (Å²) in [5.74, 6) is 0. The number of rotatable bonds is 4. The third kappa shape index (κ3) is 3.95. The molecule has 2 heterocycles. The van der Waals surface area contributed by atoms with Crippen molar-refractivity contribution < 1.29 is 4.74 Å². The van der Waals surface area contributed by atoms with Gasteiger partial charge in [-0.2, -0.15) is 9.78 Å². The van der Waals surface area contributed by atoms with Crippen LogP contribution in [0.3, 0.4) is 0 Å². The Bertz CT molecular complexity index is 817. The van der Waals surface area contributed by atoms with Crippen LogP contribution in [-0.4, -0.2) is 35.6 Å². The van der Waals surface area contributed by atoms with Gasteiger partial charge in [0.25, 0.3) is 5.56 Å². The maximum absolute atomic E-state index is 12.7. The fourth-order valence-electron chi connectivity index (χ4n) is 2.97. The van der Waals surface area contributed by atoms with Gasteiger partial charge >= 0.3 is 0 Å². The monoisotopic (exact) mass is 401 g/mol. The predicted octanol–water partition coefficient (Wildman–Crippen LogP) is 4.20. The van der Waals surface area contributed by atoms with Crippen molar-refractivity contribution in [2.45, 2.75) is 25.9 Å². The number of anilines is 1. The molecule has 0 radical (unpaired) electrons. The average Bonchev–Trinajstić information content (AvgIpc) is 2.59. The number of nitrogens with zero attached hydrogens (tertiary/aromatic N) is 3. The molecule has 0 N–H and O–H groups in total. The lowest BCUT2D eigenvalue weighted by atomic mass is 10.1. The Morgan fingerprint density at radius 2 is 1.92 bits per heavy atom. The van der Waals surface area contributed by atoms with E-state index in [1.54, 1.807) is 24.4 Å². The van der Waals surface area contributed by atoms with E-state index in [0.717, 1.165) is 25.9 Å². The van der Waals surface area contributed by atoms with Gasteiger partial charge in [-0.1, -0.05) is 34.8 Å². The summed E-state index contributed by atoms with van der Waals surface area (Å²) in [6.07, 6.45) is 3.67. The van der Waals surface area contributed by atoms with E-state index in [1.165, 1.54) is 4.68 Å². The standard InChI is InChI=1S/C17H18Cl3N3O2/c1-2-25-12-5-7-22(8-6-12)15-10-21-23(17(24)16(15)20)14-4-3-11(18)9-13(14)19/h3-4,9-10,12H,2,5-8H2,1H3. The Kier molecular flexibility index (Phi) is 5.89. The zero-order chi connectivity index (χ0) is 18.0. The summed E-state index contributed by atoms with van der Waals surface area (Å²) in [7, 11) is 0. The Balaban J connectivity index is 1.88. The number of hydrogen-bond acceptors (Lipinski definition) is 4. The first-order valence-corrected chi connectivity index (χ1v) is 9.24. The number of halogens is 3. The molecule has 0 unspecified atom stereocenters. The topological polar surface area (TPSA) is 47.4 Å². The van der Waals surface area contributed by atoms with Crippen LogP contribution < -0.4 is 10.5 Å². The number of piperidine rings is 1. The molecule has 1 saturated heterocycles. The first-order chi connectivity index (χ1) is 12.0. The summed E-state index contributed by atoms with van der Waals surface area (Å²) < 4.78 is 6.85. The zero-order valence-corrected chi connectivity index (χ0v) is 16.0. The van der Waals surface area contributed by atoms with E-state index in [-0.39, 0.29) is 11.1 Å². The Morgan fingerprint density at radius 1 is 1.20 bits per heavy atom. The van der Waals surface area contributed by atoms with E-state index in [4.69, 9.17) is 39.5 Å². The van der Waals surface area contributed by atoms with Crippen LogP contribution in [0.1, 0.15) is 19.8 Å². The molecule has 25 heavy (non-hydrogen) atoms. The van der Waals surface area contributed by atoms with E-state index in [1.807, 2.05) is 6.92 Å². The summed E-state index contributed by atoms with van der Waals surface area (Å²) in [4.78, 5) is 14.7. The molecule has 3 rings (SSSR count). The number of aromatic nitrogens is 2. The van der Waals surface area contributed by atoms with Gasteiger partial charge in [0.1, 0.15) is 5.02 Å². The van der Waals surface area contributed by atoms with E-state index >= 15 is 0 Å². The van der Waals surface area contributed by atoms with Crippen molar-refractivity contribution in [3.05, 3.63) is 49.8 Å². The molecular formula is C17H18Cl3N3O2. The molecule has 1 aromatic heterocycles. The quantitative estimate of drug-likeness (QED) is 0.769. The smallest absolute Gasteiger partial charge is 0.292 e. The Hall–Kier alpha value is -1.27. The summed E-state index contributed by atoms with van der Waals surface area (Å²) >= 11 is 18.4. The average molecular weight is 403 g/mol. The van der Waals surface area contributed by atoms with Crippen LogP contribution in [0.2, 0.25) is 15.1 Å². The minimum Gasteiger partial charge on any atom is -0.378 e. The molecule has 1 fully saturated rings. The van der Waals surface area contributed by atoms with Gasteiger partial charge in [0, 0.05) is 24.7 Å². The molecule has 1 aromatic carbocycles. The molecule has 8 heteroatoms. The maximum atomic E-state index is 12.7. The van der Waals surface area contributed by atoms with Crippen molar-refractivity contribution in [2.24, 2.45) is 0 Å². The largest absolute Gasteiger partial charge is 0.378 e. The van der Waals surface area contributed by atoms with Crippen molar-refractivity contribution in [3.8, 4) is 5.69 Å². The minimum absolute atomic E-state index is 0.135. The molecule has 2 aromatic rings. The summed E-state index contributed by atoms with van der Waals surface area (Å²) in [5.41, 5.74) is 0.679. The van der Waals surface area contributed by atoms with Crippen LogP contribution in [0.25, 0.3) is 5.69 Å². The van der Waals surface area contributed by atoms with Crippen molar-refractivity contribution in [2.75, 3.05) is 24.6 Å². The molecule has 0 bridgehead atoms. The van der Waals surface area contributed by atoms with Crippen LogP contribution in [0, 0.1) is 0 Å². The Labute approximate surface area is 161 Å². The zero-order valence-electron chi connectivity index (χ0n) is 13.7. The Morgan fingerprint density at radius 3 is 2.56 bits per heavy atom. The molecule has 0 aliphatic carbocycles. The van der Waals surface area contributed by atoms with Crippen LogP contribution in [0.4, 0.5) is 5.69 Å². The molecule has 0 saturated carbocycles. The van der Waals surface area contributed by atoms with Crippen LogP contribution in [-0.2, 0) is 4.74 Å². The first kappa shape index (κ1) is 18.5. The lowest BCUT2D eigenvalue weighted by Gasteiger charge is -2.33. The number of benzene rings is 1. The molecule has 0 spiro atoms. The molecule has 1 aliphatic heterocycles. The van der Waals surface area contributed by atoms with Gasteiger partial charge in [-0.25, -0.2) is 0 Å². The molecular weight excluding hydrogens is 385 g/mol. The van der Waals surface area contributed by atoms with Gasteiger partial charge in [-0.05, 0) is 38.0 Å². The number of hydrogen-bond donors (Lipinski definition) is 0. The summed E-state index contributed by atoms with van der Waals surface area (Å²) in [6.45, 7) is 4.26. The van der Waals surface area contributed by atoms with Crippen LogP contribution >= 0.6 is 34.8 Å². The highest BCUT2D eigenvalue weighted by Crippen LogP contribution is 2.27. The number of ether oxygens (including phenoxy) is 1. The van der Waals surface area contributed by atoms with Gasteiger partial charge in [-0.15, -0.1) is 0 Å². The van der Waals surface area contributed by atoms with Crippen LogP contribution in [0.5, 0.6) is 0 Å². The molecule has 0 atom stereocenters. The van der Waals surface area contributed by atoms with Crippen LogP contribution in [0.15, 0.2) is 29.2 Å². The van der Waals surface area contributed by atoms with Gasteiger partial charge in [0.05, 0.1) is 28.7 Å².